The standard InChI is InChI=1S/C28H33N3O5/c1-17-11-12-21-22(30(17)28(35)36-2)13-14-23-26(21)29-25(16-24(32)18-7-4-3-5-8-18)31(23)20-10-6-9-19(15-20)27(33)34/h3-5,7-8,13-14,17,19-20,24,32H,6,9-12,15-16H2,1-2H3,(H,33,34)/t17-,19?,20?,24?/m0/s1. The maximum atomic E-state index is 12.6. The summed E-state index contributed by atoms with van der Waals surface area (Å²) < 4.78 is 7.23. The average Bonchev–Trinajstić information content (AvgIpc) is 3.26. The normalized spacial score (nSPS) is 22.8. The minimum absolute atomic E-state index is 0.0125. The van der Waals surface area contributed by atoms with Crippen molar-refractivity contribution in [2.75, 3.05) is 12.0 Å². The quantitative estimate of drug-likeness (QED) is 0.518. The Balaban J connectivity index is 1.63. The molecule has 1 amide bonds. The van der Waals surface area contributed by atoms with E-state index in [0.717, 1.165) is 59.4 Å². The lowest BCUT2D eigenvalue weighted by molar-refractivity contribution is -0.143. The van der Waals surface area contributed by atoms with Crippen molar-refractivity contribution in [1.82, 2.24) is 9.55 Å². The minimum atomic E-state index is -0.755. The Morgan fingerprint density at radius 1 is 1.14 bits per heavy atom. The van der Waals surface area contributed by atoms with Gasteiger partial charge >= 0.3 is 12.1 Å². The highest BCUT2D eigenvalue weighted by molar-refractivity contribution is 5.95. The van der Waals surface area contributed by atoms with Crippen LogP contribution in [0.15, 0.2) is 42.5 Å². The second kappa shape index (κ2) is 9.93. The van der Waals surface area contributed by atoms with Gasteiger partial charge in [0.2, 0.25) is 0 Å². The summed E-state index contributed by atoms with van der Waals surface area (Å²) in [5.41, 5.74) is 4.37. The number of nitrogens with zero attached hydrogens (tertiary/aromatic N) is 3. The number of carboxylic acids is 1. The Morgan fingerprint density at radius 2 is 1.92 bits per heavy atom. The molecule has 8 nitrogen and oxygen atoms in total. The Hall–Kier alpha value is -3.39. The minimum Gasteiger partial charge on any atom is -0.481 e. The molecule has 1 saturated carbocycles. The third-order valence-corrected chi connectivity index (χ3v) is 7.82. The van der Waals surface area contributed by atoms with E-state index in [9.17, 15) is 19.8 Å². The molecule has 2 aliphatic rings. The first-order valence-electron chi connectivity index (χ1n) is 12.7. The Labute approximate surface area is 210 Å². The highest BCUT2D eigenvalue weighted by Crippen LogP contribution is 2.41. The van der Waals surface area contributed by atoms with Crippen molar-refractivity contribution >= 4 is 28.8 Å². The van der Waals surface area contributed by atoms with Crippen molar-refractivity contribution in [2.45, 2.75) is 70.1 Å². The molecule has 0 saturated heterocycles. The van der Waals surface area contributed by atoms with Gasteiger partial charge in [-0.3, -0.25) is 9.69 Å². The third kappa shape index (κ3) is 4.34. The van der Waals surface area contributed by atoms with Crippen LogP contribution < -0.4 is 4.90 Å². The van der Waals surface area contributed by atoms with Gasteiger partial charge in [-0.1, -0.05) is 36.8 Å². The fraction of sp³-hybridized carbons (Fsp3) is 0.464. The van der Waals surface area contributed by atoms with E-state index in [-0.39, 0.29) is 18.0 Å². The van der Waals surface area contributed by atoms with Crippen LogP contribution in [0.5, 0.6) is 0 Å². The number of anilines is 1. The highest BCUT2D eigenvalue weighted by atomic mass is 16.5. The van der Waals surface area contributed by atoms with Gasteiger partial charge in [0, 0.05) is 24.1 Å². The van der Waals surface area contributed by atoms with Crippen LogP contribution in [0.1, 0.15) is 68.1 Å². The first-order valence-corrected chi connectivity index (χ1v) is 12.7. The van der Waals surface area contributed by atoms with Crippen LogP contribution in [0.2, 0.25) is 0 Å². The van der Waals surface area contributed by atoms with Gasteiger partial charge in [0.05, 0.1) is 35.9 Å². The first kappa shape index (κ1) is 24.3. The summed E-state index contributed by atoms with van der Waals surface area (Å²) in [5.74, 6) is -0.398. The molecule has 3 aromatic rings. The van der Waals surface area contributed by atoms with E-state index < -0.39 is 18.2 Å². The molecular weight excluding hydrogens is 458 g/mol. The van der Waals surface area contributed by atoms with Crippen LogP contribution in [-0.2, 0) is 22.4 Å². The lowest BCUT2D eigenvalue weighted by Crippen LogP contribution is -2.42. The SMILES string of the molecule is COC(=O)N1c2ccc3c(nc(CC(O)c4ccccc4)n3C3CCCC(C(=O)O)C3)c2CC[C@@H]1C. The molecule has 0 spiro atoms. The van der Waals surface area contributed by atoms with Crippen molar-refractivity contribution in [1.29, 1.82) is 0 Å². The summed E-state index contributed by atoms with van der Waals surface area (Å²) in [6.07, 6.45) is 3.69. The number of hydrogen-bond acceptors (Lipinski definition) is 5. The number of carbonyl (C=O) groups is 2. The molecule has 0 radical (unpaired) electrons. The van der Waals surface area contributed by atoms with E-state index in [0.29, 0.717) is 19.3 Å². The van der Waals surface area contributed by atoms with E-state index in [1.807, 2.05) is 49.4 Å². The molecule has 190 valence electrons. The lowest BCUT2D eigenvalue weighted by Gasteiger charge is -2.34. The number of aliphatic hydroxyl groups excluding tert-OH is 1. The number of imidazole rings is 1. The lowest BCUT2D eigenvalue weighted by atomic mass is 9.85. The van der Waals surface area contributed by atoms with E-state index in [4.69, 9.17) is 9.72 Å². The van der Waals surface area contributed by atoms with Crippen molar-refractivity contribution in [2.24, 2.45) is 5.92 Å². The number of aliphatic hydroxyl groups is 1. The maximum absolute atomic E-state index is 12.6. The summed E-state index contributed by atoms with van der Waals surface area (Å²) in [7, 11) is 1.39. The van der Waals surface area contributed by atoms with Crippen molar-refractivity contribution in [3.63, 3.8) is 0 Å². The highest BCUT2D eigenvalue weighted by Gasteiger charge is 2.34. The summed E-state index contributed by atoms with van der Waals surface area (Å²) in [6, 6.07) is 13.5. The summed E-state index contributed by atoms with van der Waals surface area (Å²) in [4.78, 5) is 31.2. The Morgan fingerprint density at radius 3 is 2.64 bits per heavy atom. The smallest absolute Gasteiger partial charge is 0.414 e. The van der Waals surface area contributed by atoms with Gasteiger partial charge in [0.1, 0.15) is 5.82 Å². The van der Waals surface area contributed by atoms with E-state index >= 15 is 0 Å². The van der Waals surface area contributed by atoms with Gasteiger partial charge in [-0.25, -0.2) is 9.78 Å². The molecule has 1 fully saturated rings. The predicted molar refractivity (Wildman–Crippen MR) is 136 cm³/mol. The number of ether oxygens (including phenoxy) is 1. The Kier molecular flexibility index (Phi) is 6.71. The van der Waals surface area contributed by atoms with E-state index in [1.165, 1.54) is 7.11 Å². The van der Waals surface area contributed by atoms with Gasteiger partial charge < -0.3 is 19.5 Å². The number of hydrogen-bond donors (Lipinski definition) is 2. The maximum Gasteiger partial charge on any atom is 0.414 e. The van der Waals surface area contributed by atoms with Gasteiger partial charge in [-0.15, -0.1) is 0 Å². The molecule has 1 aliphatic heterocycles. The fourth-order valence-electron chi connectivity index (χ4n) is 5.96. The van der Waals surface area contributed by atoms with Crippen LogP contribution >= 0.6 is 0 Å². The molecule has 36 heavy (non-hydrogen) atoms. The fourth-order valence-corrected chi connectivity index (χ4v) is 5.96. The first-order chi connectivity index (χ1) is 17.4. The van der Waals surface area contributed by atoms with E-state index in [2.05, 4.69) is 4.57 Å². The number of aliphatic carboxylic acids is 1. The summed E-state index contributed by atoms with van der Waals surface area (Å²) >= 11 is 0. The van der Waals surface area contributed by atoms with Crippen molar-refractivity contribution in [3.05, 3.63) is 59.4 Å². The molecule has 1 aromatic heterocycles. The number of carboxylic acid groups (broad SMARTS) is 1. The molecular formula is C28H33N3O5. The second-order valence-corrected chi connectivity index (χ2v) is 10.0. The molecule has 2 heterocycles. The number of fused-ring (bicyclic) bond motifs is 3. The van der Waals surface area contributed by atoms with Gasteiger partial charge in [-0.05, 0) is 56.7 Å². The average molecular weight is 492 g/mol. The monoisotopic (exact) mass is 491 g/mol. The molecule has 5 rings (SSSR count). The number of methoxy groups -OCH3 is 1. The predicted octanol–water partition coefficient (Wildman–Crippen LogP) is 5.04. The topological polar surface area (TPSA) is 105 Å². The summed E-state index contributed by atoms with van der Waals surface area (Å²) in [6.45, 7) is 2.01. The van der Waals surface area contributed by atoms with Crippen LogP contribution in [-0.4, -0.2) is 45.0 Å². The molecule has 8 heteroatoms. The number of rotatable bonds is 5. The van der Waals surface area contributed by atoms with Gasteiger partial charge in [-0.2, -0.15) is 0 Å². The third-order valence-electron chi connectivity index (χ3n) is 7.82. The molecule has 2 N–H and O–H groups in total. The zero-order valence-electron chi connectivity index (χ0n) is 20.8. The second-order valence-electron chi connectivity index (χ2n) is 10.0. The van der Waals surface area contributed by atoms with E-state index in [1.54, 1.807) is 4.90 Å². The number of amides is 1. The van der Waals surface area contributed by atoms with Crippen LogP contribution in [0, 0.1) is 5.92 Å². The van der Waals surface area contributed by atoms with Crippen molar-refractivity contribution < 1.29 is 24.5 Å². The van der Waals surface area contributed by atoms with Crippen LogP contribution in [0.3, 0.4) is 0 Å². The zero-order chi connectivity index (χ0) is 25.4. The molecule has 0 bridgehead atoms. The van der Waals surface area contributed by atoms with Gasteiger partial charge in [0.25, 0.3) is 0 Å². The number of aryl methyl sites for hydroxylation is 1. The number of aromatic nitrogens is 2. The van der Waals surface area contributed by atoms with Crippen molar-refractivity contribution in [3.8, 4) is 0 Å². The molecule has 4 atom stereocenters. The Bertz CT molecular complexity index is 1270. The van der Waals surface area contributed by atoms with Crippen LogP contribution in [0.25, 0.3) is 11.0 Å². The number of benzene rings is 2. The molecule has 2 aromatic carbocycles. The molecule has 1 aliphatic carbocycles. The zero-order valence-corrected chi connectivity index (χ0v) is 20.8. The number of carbonyl (C=O) groups excluding carboxylic acids is 1. The van der Waals surface area contributed by atoms with Gasteiger partial charge in [0.15, 0.2) is 0 Å². The summed E-state index contributed by atoms with van der Waals surface area (Å²) in [5, 5.41) is 20.8. The largest absolute Gasteiger partial charge is 0.481 e. The molecule has 3 unspecified atom stereocenters. The van der Waals surface area contributed by atoms with Crippen LogP contribution in [0.4, 0.5) is 10.5 Å².